The highest BCUT2D eigenvalue weighted by Gasteiger charge is 2.29. The van der Waals surface area contributed by atoms with E-state index < -0.39 is 0 Å². The summed E-state index contributed by atoms with van der Waals surface area (Å²) in [6.07, 6.45) is 4.80. The van der Waals surface area contributed by atoms with Gasteiger partial charge in [0.1, 0.15) is 5.52 Å². The van der Waals surface area contributed by atoms with Crippen molar-refractivity contribution in [1.29, 1.82) is 0 Å². The predicted molar refractivity (Wildman–Crippen MR) is 124 cm³/mol. The van der Waals surface area contributed by atoms with Gasteiger partial charge in [0.2, 0.25) is 17.8 Å². The maximum Gasteiger partial charge on any atom is 0.224 e. The summed E-state index contributed by atoms with van der Waals surface area (Å²) in [6.45, 7) is 4.07. The second-order valence-electron chi connectivity index (χ2n) is 8.16. The van der Waals surface area contributed by atoms with Crippen molar-refractivity contribution in [3.8, 4) is 0 Å². The summed E-state index contributed by atoms with van der Waals surface area (Å²) in [5.41, 5.74) is 7.63. The highest BCUT2D eigenvalue weighted by Crippen LogP contribution is 2.38. The van der Waals surface area contributed by atoms with Crippen molar-refractivity contribution in [3.05, 3.63) is 34.4 Å². The Bertz CT molecular complexity index is 1110. The summed E-state index contributed by atoms with van der Waals surface area (Å²) in [7, 11) is 0. The van der Waals surface area contributed by atoms with Gasteiger partial charge in [-0.05, 0) is 57.7 Å². The van der Waals surface area contributed by atoms with Crippen molar-refractivity contribution >= 4 is 57.9 Å². The first-order valence-corrected chi connectivity index (χ1v) is 11.1. The number of fused-ring (bicyclic) bond motifs is 1. The molecule has 0 radical (unpaired) electrons. The van der Waals surface area contributed by atoms with Crippen molar-refractivity contribution < 1.29 is 4.79 Å². The minimum absolute atomic E-state index is 0.0825. The van der Waals surface area contributed by atoms with E-state index in [1.165, 1.54) is 0 Å². The normalized spacial score (nSPS) is 19.0. The van der Waals surface area contributed by atoms with E-state index >= 15 is 0 Å². The molecule has 1 aromatic carbocycles. The lowest BCUT2D eigenvalue weighted by molar-refractivity contribution is -0.122. The highest BCUT2D eigenvalue weighted by atomic mass is 35.5. The van der Waals surface area contributed by atoms with Gasteiger partial charge >= 0.3 is 0 Å². The number of aromatic nitrogens is 4. The number of hydrogen-bond donors (Lipinski definition) is 3. The molecular weight excluding hydrogens is 437 g/mol. The number of carbonyl (C=O) groups is 1. The van der Waals surface area contributed by atoms with Crippen LogP contribution in [0.15, 0.2) is 24.4 Å². The van der Waals surface area contributed by atoms with Gasteiger partial charge in [0.15, 0.2) is 5.65 Å². The molecule has 31 heavy (non-hydrogen) atoms. The predicted octanol–water partition coefficient (Wildman–Crippen LogP) is 4.91. The van der Waals surface area contributed by atoms with Crippen LogP contribution in [0.1, 0.15) is 45.6 Å². The third kappa shape index (κ3) is 4.70. The second-order valence-corrected chi connectivity index (χ2v) is 9.01. The first-order chi connectivity index (χ1) is 14.8. The fourth-order valence-corrected chi connectivity index (χ4v) is 4.44. The molecule has 4 rings (SSSR count). The summed E-state index contributed by atoms with van der Waals surface area (Å²) in [5.74, 6) is 0.857. The SMILES string of the molecule is CC(C)Nc1ncc2nc(Nc3ccc(Cl)cc3Cl)n([C@H]3CC[C@H](C(N)=O)CC3)c2n1. The van der Waals surface area contributed by atoms with Gasteiger partial charge in [-0.25, -0.2) is 9.97 Å². The summed E-state index contributed by atoms with van der Waals surface area (Å²) < 4.78 is 2.09. The van der Waals surface area contributed by atoms with Crippen molar-refractivity contribution in [2.75, 3.05) is 10.6 Å². The van der Waals surface area contributed by atoms with Gasteiger partial charge in [0.05, 0.1) is 16.9 Å². The molecule has 0 spiro atoms. The van der Waals surface area contributed by atoms with Crippen molar-refractivity contribution in [3.63, 3.8) is 0 Å². The van der Waals surface area contributed by atoms with Crippen molar-refractivity contribution in [1.82, 2.24) is 19.5 Å². The molecule has 10 heteroatoms. The van der Waals surface area contributed by atoms with Gasteiger partial charge < -0.3 is 16.4 Å². The molecule has 8 nitrogen and oxygen atoms in total. The van der Waals surface area contributed by atoms with Crippen LogP contribution in [0.5, 0.6) is 0 Å². The topological polar surface area (TPSA) is 111 Å². The molecule has 0 bridgehead atoms. The fourth-order valence-electron chi connectivity index (χ4n) is 3.98. The summed E-state index contributed by atoms with van der Waals surface area (Å²) in [5, 5.41) is 7.63. The van der Waals surface area contributed by atoms with Gasteiger partial charge in [-0.15, -0.1) is 0 Å². The standard InChI is InChI=1S/C21H25Cl2N7O/c1-11(2)26-20-25-10-17-19(29-20)30(14-6-3-12(4-7-14)18(24)31)21(28-17)27-16-8-5-13(22)9-15(16)23/h5,8-12,14H,3-4,6-7H2,1-2H3,(H2,24,31)(H,27,28)(H,25,26,29)/t12-,14-. The van der Waals surface area contributed by atoms with E-state index in [0.29, 0.717) is 33.1 Å². The number of amides is 1. The molecule has 1 amide bonds. The largest absolute Gasteiger partial charge is 0.369 e. The molecular formula is C21H25Cl2N7O. The molecule has 2 heterocycles. The average Bonchev–Trinajstić information content (AvgIpc) is 3.07. The lowest BCUT2D eigenvalue weighted by Crippen LogP contribution is -2.28. The number of imidazole rings is 1. The number of halogens is 2. The molecule has 4 N–H and O–H groups in total. The van der Waals surface area contributed by atoms with E-state index in [4.69, 9.17) is 38.9 Å². The van der Waals surface area contributed by atoms with E-state index in [1.807, 2.05) is 19.9 Å². The van der Waals surface area contributed by atoms with Crippen molar-refractivity contribution in [2.45, 2.75) is 51.6 Å². The quantitative estimate of drug-likeness (QED) is 0.480. The lowest BCUT2D eigenvalue weighted by atomic mass is 9.85. The molecule has 1 fully saturated rings. The lowest BCUT2D eigenvalue weighted by Gasteiger charge is -2.29. The Morgan fingerprint density at radius 1 is 1.19 bits per heavy atom. The van der Waals surface area contributed by atoms with E-state index in [2.05, 4.69) is 20.2 Å². The maximum atomic E-state index is 11.6. The van der Waals surface area contributed by atoms with Crippen LogP contribution >= 0.6 is 23.2 Å². The summed E-state index contributed by atoms with van der Waals surface area (Å²) in [4.78, 5) is 25.5. The number of nitrogens with one attached hydrogen (secondary N) is 2. The Morgan fingerprint density at radius 3 is 2.58 bits per heavy atom. The number of hydrogen-bond acceptors (Lipinski definition) is 6. The Labute approximate surface area is 190 Å². The van der Waals surface area contributed by atoms with Crippen LogP contribution < -0.4 is 16.4 Å². The zero-order valence-corrected chi connectivity index (χ0v) is 18.9. The van der Waals surface area contributed by atoms with Crippen LogP contribution in [0.3, 0.4) is 0 Å². The average molecular weight is 462 g/mol. The van der Waals surface area contributed by atoms with Crippen LogP contribution in [-0.4, -0.2) is 31.5 Å². The Morgan fingerprint density at radius 2 is 1.94 bits per heavy atom. The Balaban J connectivity index is 1.75. The number of anilines is 3. The molecule has 1 aliphatic rings. The minimum Gasteiger partial charge on any atom is -0.369 e. The number of nitrogens with two attached hydrogens (primary N) is 1. The molecule has 1 aliphatic carbocycles. The highest BCUT2D eigenvalue weighted by molar-refractivity contribution is 6.36. The van der Waals surface area contributed by atoms with Crippen LogP contribution in [0, 0.1) is 5.92 Å². The van der Waals surface area contributed by atoms with Gasteiger partial charge in [0.25, 0.3) is 0 Å². The van der Waals surface area contributed by atoms with Gasteiger partial charge in [-0.2, -0.15) is 4.98 Å². The second kappa shape index (κ2) is 8.88. The smallest absolute Gasteiger partial charge is 0.224 e. The zero-order chi connectivity index (χ0) is 22.1. The van der Waals surface area contributed by atoms with Crippen LogP contribution in [-0.2, 0) is 4.79 Å². The van der Waals surface area contributed by atoms with E-state index in [1.54, 1.807) is 18.3 Å². The molecule has 0 atom stereocenters. The minimum atomic E-state index is -0.231. The van der Waals surface area contributed by atoms with Crippen LogP contribution in [0.25, 0.3) is 11.2 Å². The third-order valence-corrected chi connectivity index (χ3v) is 6.04. The fraction of sp³-hybridized carbons (Fsp3) is 0.429. The maximum absolute atomic E-state index is 11.6. The molecule has 1 saturated carbocycles. The number of rotatable bonds is 6. The number of nitrogens with zero attached hydrogens (tertiary/aromatic N) is 4. The number of benzene rings is 1. The molecule has 0 aliphatic heterocycles. The first-order valence-electron chi connectivity index (χ1n) is 10.3. The van der Waals surface area contributed by atoms with E-state index in [9.17, 15) is 4.79 Å². The third-order valence-electron chi connectivity index (χ3n) is 5.49. The molecule has 2 aromatic heterocycles. The molecule has 0 unspecified atom stereocenters. The molecule has 164 valence electrons. The van der Waals surface area contributed by atoms with E-state index in [-0.39, 0.29) is 23.9 Å². The first kappa shape index (κ1) is 21.6. The van der Waals surface area contributed by atoms with Crippen LogP contribution in [0.4, 0.5) is 17.6 Å². The van der Waals surface area contributed by atoms with Gasteiger partial charge in [-0.1, -0.05) is 23.2 Å². The monoisotopic (exact) mass is 461 g/mol. The number of carbonyl (C=O) groups excluding carboxylic acids is 1. The zero-order valence-electron chi connectivity index (χ0n) is 17.4. The molecule has 3 aromatic rings. The Kier molecular flexibility index (Phi) is 6.20. The van der Waals surface area contributed by atoms with Crippen LogP contribution in [0.2, 0.25) is 10.0 Å². The molecule has 0 saturated heterocycles. The summed E-state index contributed by atoms with van der Waals surface area (Å²) in [6, 6.07) is 5.59. The van der Waals surface area contributed by atoms with E-state index in [0.717, 1.165) is 31.3 Å². The van der Waals surface area contributed by atoms with Gasteiger partial charge in [-0.3, -0.25) is 9.36 Å². The number of primary amides is 1. The van der Waals surface area contributed by atoms with Crippen molar-refractivity contribution in [2.24, 2.45) is 11.7 Å². The Hall–Kier alpha value is -2.58. The van der Waals surface area contributed by atoms with Gasteiger partial charge in [0, 0.05) is 23.0 Å². The summed E-state index contributed by atoms with van der Waals surface area (Å²) >= 11 is 12.4.